The second-order valence-corrected chi connectivity index (χ2v) is 4.97. The maximum absolute atomic E-state index is 11.9. The number of fused-ring (bicyclic) bond motifs is 1. The van der Waals surface area contributed by atoms with E-state index in [9.17, 15) is 4.79 Å². The molecule has 0 bridgehead atoms. The van der Waals surface area contributed by atoms with Crippen molar-refractivity contribution < 1.29 is 0 Å². The minimum absolute atomic E-state index is 0.0238. The third-order valence-corrected chi connectivity index (χ3v) is 3.40. The van der Waals surface area contributed by atoms with Crippen LogP contribution in [0.1, 0.15) is 17.7 Å². The molecule has 17 heavy (non-hydrogen) atoms. The number of H-pyrrole nitrogens is 1. The summed E-state index contributed by atoms with van der Waals surface area (Å²) in [6, 6.07) is 3.69. The zero-order valence-corrected chi connectivity index (χ0v) is 10.6. The lowest BCUT2D eigenvalue weighted by atomic mass is 10.2. The van der Waals surface area contributed by atoms with Crippen LogP contribution in [0.3, 0.4) is 0 Å². The summed E-state index contributed by atoms with van der Waals surface area (Å²) in [4.78, 5) is 23.4. The molecule has 0 radical (unpaired) electrons. The highest BCUT2D eigenvalue weighted by Crippen LogP contribution is 2.20. The van der Waals surface area contributed by atoms with Crippen molar-refractivity contribution in [1.29, 1.82) is 0 Å². The molecule has 4 nitrogen and oxygen atoms in total. The fourth-order valence-electron chi connectivity index (χ4n) is 2.10. The molecule has 0 fully saturated rings. The van der Waals surface area contributed by atoms with Gasteiger partial charge < -0.3 is 4.98 Å². The Balaban J connectivity index is 2.16. The number of rotatable bonds is 1. The quantitative estimate of drug-likeness (QED) is 0.875. The van der Waals surface area contributed by atoms with Crippen molar-refractivity contribution in [3.63, 3.8) is 0 Å². The van der Waals surface area contributed by atoms with E-state index in [0.29, 0.717) is 11.5 Å². The van der Waals surface area contributed by atoms with Crippen LogP contribution < -0.4 is 5.56 Å². The fraction of sp³-hybridized carbons (Fsp3) is 0.250. The predicted octanol–water partition coefficient (Wildman–Crippen LogP) is 2.08. The maximum Gasteiger partial charge on any atom is 0.254 e. The summed E-state index contributed by atoms with van der Waals surface area (Å²) in [5.74, 6) is 0.553. The summed E-state index contributed by atoms with van der Waals surface area (Å²) in [6.07, 6.45) is 4.43. The molecule has 0 saturated carbocycles. The van der Waals surface area contributed by atoms with Crippen LogP contribution in [0.15, 0.2) is 27.6 Å². The minimum Gasteiger partial charge on any atom is -0.305 e. The highest BCUT2D eigenvalue weighted by molar-refractivity contribution is 9.10. The number of hydrogen-bond acceptors (Lipinski definition) is 3. The molecule has 0 amide bonds. The first-order valence-electron chi connectivity index (χ1n) is 5.48. The van der Waals surface area contributed by atoms with E-state index in [2.05, 4.69) is 30.9 Å². The van der Waals surface area contributed by atoms with Gasteiger partial charge in [-0.3, -0.25) is 9.78 Å². The van der Waals surface area contributed by atoms with Gasteiger partial charge in [0.25, 0.3) is 5.56 Å². The molecular weight excluding hydrogens is 282 g/mol. The Morgan fingerprint density at radius 1 is 1.35 bits per heavy atom. The largest absolute Gasteiger partial charge is 0.305 e. The number of pyridine rings is 1. The van der Waals surface area contributed by atoms with Gasteiger partial charge in [0.2, 0.25) is 0 Å². The third-order valence-electron chi connectivity index (χ3n) is 2.91. The van der Waals surface area contributed by atoms with Gasteiger partial charge in [-0.1, -0.05) is 15.9 Å². The van der Waals surface area contributed by atoms with E-state index in [1.165, 1.54) is 0 Å². The summed E-state index contributed by atoms with van der Waals surface area (Å²) in [5, 5.41) is 0. The standard InChI is InChI=1S/C12H10BrN3O/c13-7-4-5-14-10(6-7)11-15-9-3-1-2-8(9)12(17)16-11/h4-6H,1-3H2,(H,15,16,17). The van der Waals surface area contributed by atoms with Gasteiger partial charge in [0.1, 0.15) is 5.69 Å². The maximum atomic E-state index is 11.9. The molecule has 0 spiro atoms. The van der Waals surface area contributed by atoms with E-state index in [1.807, 2.05) is 12.1 Å². The highest BCUT2D eigenvalue weighted by Gasteiger charge is 2.17. The van der Waals surface area contributed by atoms with Gasteiger partial charge in [-0.25, -0.2) is 4.98 Å². The van der Waals surface area contributed by atoms with Gasteiger partial charge in [-0.05, 0) is 31.4 Å². The first kappa shape index (κ1) is 10.7. The van der Waals surface area contributed by atoms with Gasteiger partial charge in [0.05, 0.1) is 5.69 Å². The third kappa shape index (κ3) is 1.91. The number of halogens is 1. The molecule has 1 aliphatic rings. The molecule has 0 aliphatic heterocycles. The Morgan fingerprint density at radius 3 is 3.06 bits per heavy atom. The highest BCUT2D eigenvalue weighted by atomic mass is 79.9. The van der Waals surface area contributed by atoms with Crippen molar-refractivity contribution in [2.75, 3.05) is 0 Å². The lowest BCUT2D eigenvalue weighted by Gasteiger charge is -2.03. The monoisotopic (exact) mass is 291 g/mol. The zero-order chi connectivity index (χ0) is 11.8. The average molecular weight is 292 g/mol. The molecular formula is C12H10BrN3O. The van der Waals surface area contributed by atoms with Gasteiger partial charge in [-0.2, -0.15) is 0 Å². The van der Waals surface area contributed by atoms with Crippen molar-refractivity contribution in [3.05, 3.63) is 44.4 Å². The Morgan fingerprint density at radius 2 is 2.24 bits per heavy atom. The number of nitrogens with one attached hydrogen (secondary N) is 1. The molecule has 0 aromatic carbocycles. The van der Waals surface area contributed by atoms with Crippen LogP contribution in [0.4, 0.5) is 0 Å². The predicted molar refractivity (Wildman–Crippen MR) is 67.8 cm³/mol. The zero-order valence-electron chi connectivity index (χ0n) is 9.03. The molecule has 0 saturated heterocycles. The van der Waals surface area contributed by atoms with Gasteiger partial charge in [-0.15, -0.1) is 0 Å². The fourth-order valence-corrected chi connectivity index (χ4v) is 2.43. The second-order valence-electron chi connectivity index (χ2n) is 4.05. The number of nitrogens with zero attached hydrogens (tertiary/aromatic N) is 2. The van der Waals surface area contributed by atoms with Gasteiger partial charge in [0, 0.05) is 16.2 Å². The van der Waals surface area contributed by atoms with Crippen LogP contribution in [-0.4, -0.2) is 15.0 Å². The summed E-state index contributed by atoms with van der Waals surface area (Å²) in [6.45, 7) is 0. The molecule has 2 aromatic rings. The van der Waals surface area contributed by atoms with E-state index >= 15 is 0 Å². The van der Waals surface area contributed by atoms with Crippen molar-refractivity contribution in [1.82, 2.24) is 15.0 Å². The number of hydrogen-bond donors (Lipinski definition) is 1. The van der Waals surface area contributed by atoms with E-state index in [4.69, 9.17) is 0 Å². The Labute approximate surface area is 106 Å². The molecule has 86 valence electrons. The second kappa shape index (κ2) is 4.07. The molecule has 3 rings (SSSR count). The number of aromatic nitrogens is 3. The van der Waals surface area contributed by atoms with Crippen LogP contribution >= 0.6 is 15.9 Å². The average Bonchev–Trinajstić information content (AvgIpc) is 2.77. The van der Waals surface area contributed by atoms with Gasteiger partial charge >= 0.3 is 0 Å². The Kier molecular flexibility index (Phi) is 2.55. The molecule has 0 unspecified atom stereocenters. The Bertz CT molecular complexity index is 636. The molecule has 5 heteroatoms. The minimum atomic E-state index is -0.0238. The van der Waals surface area contributed by atoms with Crippen LogP contribution in [0.2, 0.25) is 0 Å². The van der Waals surface area contributed by atoms with Crippen molar-refractivity contribution >= 4 is 15.9 Å². The lowest BCUT2D eigenvalue weighted by molar-refractivity contribution is 0.899. The summed E-state index contributed by atoms with van der Waals surface area (Å²) in [7, 11) is 0. The number of aryl methyl sites for hydroxylation is 1. The smallest absolute Gasteiger partial charge is 0.254 e. The molecule has 0 atom stereocenters. The van der Waals surface area contributed by atoms with Crippen molar-refractivity contribution in [3.8, 4) is 11.5 Å². The summed E-state index contributed by atoms with van der Waals surface area (Å²) >= 11 is 3.38. The van der Waals surface area contributed by atoms with Crippen LogP contribution in [-0.2, 0) is 12.8 Å². The first-order valence-corrected chi connectivity index (χ1v) is 6.27. The lowest BCUT2D eigenvalue weighted by Crippen LogP contribution is -2.15. The molecule has 2 aromatic heterocycles. The number of aromatic amines is 1. The van der Waals surface area contributed by atoms with E-state index in [1.54, 1.807) is 6.20 Å². The Hall–Kier alpha value is -1.49. The molecule has 1 N–H and O–H groups in total. The summed E-state index contributed by atoms with van der Waals surface area (Å²) in [5.41, 5.74) is 2.42. The van der Waals surface area contributed by atoms with Gasteiger partial charge in [0.15, 0.2) is 5.82 Å². The van der Waals surface area contributed by atoms with E-state index < -0.39 is 0 Å². The SMILES string of the molecule is O=c1[nH]c(-c2cc(Br)ccn2)nc2c1CCC2. The first-order chi connectivity index (χ1) is 8.24. The van der Waals surface area contributed by atoms with Crippen molar-refractivity contribution in [2.45, 2.75) is 19.3 Å². The molecule has 2 heterocycles. The van der Waals surface area contributed by atoms with Crippen LogP contribution in [0.5, 0.6) is 0 Å². The van der Waals surface area contributed by atoms with Crippen LogP contribution in [0, 0.1) is 0 Å². The molecule has 1 aliphatic carbocycles. The summed E-state index contributed by atoms with van der Waals surface area (Å²) < 4.78 is 0.922. The van der Waals surface area contributed by atoms with Crippen LogP contribution in [0.25, 0.3) is 11.5 Å². The van der Waals surface area contributed by atoms with Crippen molar-refractivity contribution in [2.24, 2.45) is 0 Å². The normalized spacial score (nSPS) is 13.7. The van der Waals surface area contributed by atoms with E-state index in [0.717, 1.165) is 35.0 Å². The van der Waals surface area contributed by atoms with E-state index in [-0.39, 0.29) is 5.56 Å². The topological polar surface area (TPSA) is 58.6 Å².